The van der Waals surface area contributed by atoms with Gasteiger partial charge in [0.25, 0.3) is 0 Å². The molecule has 3 atom stereocenters. The Bertz CT molecular complexity index is 474. The molecule has 1 aromatic rings. The molecule has 1 aromatic heterocycles. The van der Waals surface area contributed by atoms with Crippen LogP contribution in [0, 0.1) is 12.8 Å². The normalized spacial score (nSPS) is 28.2. The number of carbonyl (C=O) groups is 1. The van der Waals surface area contributed by atoms with Gasteiger partial charge in [-0.05, 0) is 41.6 Å². The van der Waals surface area contributed by atoms with E-state index < -0.39 is 0 Å². The van der Waals surface area contributed by atoms with Gasteiger partial charge in [0.1, 0.15) is 4.60 Å². The van der Waals surface area contributed by atoms with Gasteiger partial charge < -0.3 is 10.6 Å². The zero-order valence-electron chi connectivity index (χ0n) is 9.81. The fourth-order valence-corrected chi connectivity index (χ4v) is 2.52. The summed E-state index contributed by atoms with van der Waals surface area (Å²) in [6.45, 7) is 1.86. The fraction of sp³-hybridized carbons (Fsp3) is 0.545. The lowest BCUT2D eigenvalue weighted by molar-refractivity contribution is -0.118. The van der Waals surface area contributed by atoms with Gasteiger partial charge in [-0.3, -0.25) is 9.78 Å². The van der Waals surface area contributed by atoms with E-state index in [4.69, 9.17) is 0 Å². The third-order valence-electron chi connectivity index (χ3n) is 3.34. The number of fused-ring (bicyclic) bond motifs is 1. The molecule has 98 valence electrons. The van der Waals surface area contributed by atoms with Gasteiger partial charge in [0, 0.05) is 6.04 Å². The minimum Gasteiger partial charge on any atom is -0.308 e. The number of anilines is 1. The van der Waals surface area contributed by atoms with E-state index in [9.17, 15) is 4.79 Å². The number of nitrogens with one attached hydrogen (secondary N) is 2. The number of hydrogen-bond acceptors (Lipinski definition) is 4. The minimum absolute atomic E-state index is 0. The van der Waals surface area contributed by atoms with E-state index in [2.05, 4.69) is 36.5 Å². The molecule has 2 heterocycles. The molecule has 2 fully saturated rings. The first-order valence-corrected chi connectivity index (χ1v) is 6.49. The lowest BCUT2D eigenvalue weighted by Gasteiger charge is -2.12. The molecule has 0 aromatic carbocycles. The highest BCUT2D eigenvalue weighted by Crippen LogP contribution is 2.40. The maximum atomic E-state index is 11.9. The summed E-state index contributed by atoms with van der Waals surface area (Å²) >= 11 is 3.30. The van der Waals surface area contributed by atoms with E-state index in [0.717, 1.165) is 12.1 Å². The molecule has 18 heavy (non-hydrogen) atoms. The van der Waals surface area contributed by atoms with Crippen LogP contribution in [0.4, 0.5) is 5.82 Å². The molecular weight excluding hydrogens is 320 g/mol. The lowest BCUT2D eigenvalue weighted by Crippen LogP contribution is -2.38. The number of aromatic nitrogens is 2. The summed E-state index contributed by atoms with van der Waals surface area (Å²) in [4.78, 5) is 20.3. The van der Waals surface area contributed by atoms with Crippen molar-refractivity contribution in [2.24, 2.45) is 5.92 Å². The summed E-state index contributed by atoms with van der Waals surface area (Å²) in [5, 5.41) is 6.09. The molecule has 2 N–H and O–H groups in total. The van der Waals surface area contributed by atoms with Crippen LogP contribution < -0.4 is 10.6 Å². The second-order valence-corrected chi connectivity index (χ2v) is 5.43. The first-order valence-electron chi connectivity index (χ1n) is 5.69. The van der Waals surface area contributed by atoms with E-state index in [1.54, 1.807) is 6.20 Å². The van der Waals surface area contributed by atoms with Crippen molar-refractivity contribution in [3.8, 4) is 0 Å². The van der Waals surface area contributed by atoms with Crippen molar-refractivity contribution in [3.05, 3.63) is 16.5 Å². The van der Waals surface area contributed by atoms with E-state index >= 15 is 0 Å². The fourth-order valence-electron chi connectivity index (χ4n) is 2.22. The maximum Gasteiger partial charge on any atom is 0.242 e. The molecule has 1 amide bonds. The number of nitrogens with zero attached hydrogens (tertiary/aromatic N) is 2. The standard InChI is InChI=1S/C11H13BrN4O.ClH/c1-5-10(12)15-9(4-13-5)16-11(17)8-3-6-2-7(6)14-8;/h4,6-8,14H,2-3H2,1H3,(H,15,16,17);1H/t6-,7-,8+;/m1./s1. The average Bonchev–Trinajstić information content (AvgIpc) is 2.91. The monoisotopic (exact) mass is 332 g/mol. The van der Waals surface area contributed by atoms with Gasteiger partial charge in [0.05, 0.1) is 17.9 Å². The highest BCUT2D eigenvalue weighted by Gasteiger charge is 2.47. The minimum atomic E-state index is -0.0689. The Kier molecular flexibility index (Phi) is 3.89. The molecule has 1 aliphatic heterocycles. The number of aryl methyl sites for hydroxylation is 1. The molecule has 0 bridgehead atoms. The van der Waals surface area contributed by atoms with Gasteiger partial charge in [-0.2, -0.15) is 0 Å². The highest BCUT2D eigenvalue weighted by atomic mass is 79.9. The molecule has 0 unspecified atom stereocenters. The van der Waals surface area contributed by atoms with Gasteiger partial charge >= 0.3 is 0 Å². The van der Waals surface area contributed by atoms with Crippen LogP contribution in [0.15, 0.2) is 10.8 Å². The predicted octanol–water partition coefficient (Wildman–Crippen LogP) is 1.66. The number of hydrogen-bond donors (Lipinski definition) is 2. The van der Waals surface area contributed by atoms with Crippen molar-refractivity contribution in [3.63, 3.8) is 0 Å². The maximum absolute atomic E-state index is 11.9. The van der Waals surface area contributed by atoms with E-state index in [1.165, 1.54) is 6.42 Å². The number of piperidine rings is 1. The quantitative estimate of drug-likeness (QED) is 0.864. The SMILES string of the molecule is Cc1ncc(NC(=O)[C@@H]2C[C@H]3C[C@H]3N2)nc1Br.Cl. The van der Waals surface area contributed by atoms with Gasteiger partial charge in [0.15, 0.2) is 5.82 Å². The molecule has 2 aliphatic rings. The Labute approximate surface area is 120 Å². The summed E-state index contributed by atoms with van der Waals surface area (Å²) in [6, 6.07) is 0.502. The number of halogens is 2. The molecule has 1 saturated carbocycles. The Hall–Kier alpha value is -0.720. The van der Waals surface area contributed by atoms with Gasteiger partial charge in [-0.25, -0.2) is 4.98 Å². The first-order chi connectivity index (χ1) is 8.13. The second-order valence-electron chi connectivity index (χ2n) is 4.68. The summed E-state index contributed by atoms with van der Waals surface area (Å²) in [5.74, 6) is 1.19. The van der Waals surface area contributed by atoms with Crippen LogP contribution in [0.25, 0.3) is 0 Å². The number of carbonyl (C=O) groups excluding carboxylic acids is 1. The third kappa shape index (κ3) is 2.65. The van der Waals surface area contributed by atoms with Crippen molar-refractivity contribution < 1.29 is 4.79 Å². The zero-order chi connectivity index (χ0) is 12.0. The van der Waals surface area contributed by atoms with E-state index in [1.807, 2.05) is 6.92 Å². The van der Waals surface area contributed by atoms with Crippen molar-refractivity contribution >= 4 is 40.1 Å². The van der Waals surface area contributed by atoms with Crippen LogP contribution in [0.2, 0.25) is 0 Å². The van der Waals surface area contributed by atoms with E-state index in [0.29, 0.717) is 22.4 Å². The molecule has 5 nitrogen and oxygen atoms in total. The summed E-state index contributed by atoms with van der Waals surface area (Å²) in [5.41, 5.74) is 0.809. The van der Waals surface area contributed by atoms with Crippen LogP contribution in [-0.2, 0) is 4.79 Å². The summed E-state index contributed by atoms with van der Waals surface area (Å²) in [7, 11) is 0. The smallest absolute Gasteiger partial charge is 0.242 e. The number of rotatable bonds is 2. The van der Waals surface area contributed by atoms with Gasteiger partial charge in [-0.15, -0.1) is 12.4 Å². The first kappa shape index (κ1) is 13.7. The van der Waals surface area contributed by atoms with Crippen LogP contribution in [0.3, 0.4) is 0 Å². The second kappa shape index (κ2) is 5.11. The number of amides is 1. The topological polar surface area (TPSA) is 66.9 Å². The van der Waals surface area contributed by atoms with Crippen LogP contribution >= 0.6 is 28.3 Å². The largest absolute Gasteiger partial charge is 0.308 e. The molecule has 1 saturated heterocycles. The molecule has 0 spiro atoms. The molecule has 0 radical (unpaired) electrons. The van der Waals surface area contributed by atoms with Crippen LogP contribution in [-0.4, -0.2) is 28.0 Å². The molecular formula is C11H14BrClN4O. The Morgan fingerprint density at radius 3 is 2.94 bits per heavy atom. The lowest BCUT2D eigenvalue weighted by atomic mass is 10.2. The summed E-state index contributed by atoms with van der Waals surface area (Å²) in [6.07, 6.45) is 3.74. The molecule has 7 heteroatoms. The molecule has 1 aliphatic carbocycles. The molecule has 3 rings (SSSR count). The zero-order valence-corrected chi connectivity index (χ0v) is 12.2. The Morgan fingerprint density at radius 2 is 2.33 bits per heavy atom. The van der Waals surface area contributed by atoms with Gasteiger partial charge in [-0.1, -0.05) is 0 Å². The van der Waals surface area contributed by atoms with Crippen LogP contribution in [0.5, 0.6) is 0 Å². The Morgan fingerprint density at radius 1 is 1.56 bits per heavy atom. The predicted molar refractivity (Wildman–Crippen MR) is 73.8 cm³/mol. The summed E-state index contributed by atoms with van der Waals surface area (Å²) < 4.78 is 0.664. The highest BCUT2D eigenvalue weighted by molar-refractivity contribution is 9.10. The third-order valence-corrected chi connectivity index (χ3v) is 4.09. The van der Waals surface area contributed by atoms with Crippen molar-refractivity contribution in [1.29, 1.82) is 0 Å². The van der Waals surface area contributed by atoms with E-state index in [-0.39, 0.29) is 24.4 Å². The van der Waals surface area contributed by atoms with Crippen molar-refractivity contribution in [1.82, 2.24) is 15.3 Å². The van der Waals surface area contributed by atoms with Crippen molar-refractivity contribution in [2.75, 3.05) is 5.32 Å². The van der Waals surface area contributed by atoms with Gasteiger partial charge in [0.2, 0.25) is 5.91 Å². The average molecular weight is 334 g/mol. The van der Waals surface area contributed by atoms with Crippen molar-refractivity contribution in [2.45, 2.75) is 31.8 Å². The van der Waals surface area contributed by atoms with Crippen LogP contribution in [0.1, 0.15) is 18.5 Å². The Balaban J connectivity index is 0.00000120.